The number of aromatic hydroxyl groups is 3. The van der Waals surface area contributed by atoms with Crippen LogP contribution in [-0.2, 0) is 6.54 Å². The average molecular weight is 252 g/mol. The van der Waals surface area contributed by atoms with Gasteiger partial charge in [0.05, 0.1) is 0 Å². The Labute approximate surface area is 106 Å². The van der Waals surface area contributed by atoms with Gasteiger partial charge in [-0.25, -0.2) is 0 Å². The van der Waals surface area contributed by atoms with Gasteiger partial charge in [-0.05, 0) is 31.7 Å². The van der Waals surface area contributed by atoms with Crippen molar-refractivity contribution in [2.75, 3.05) is 0 Å². The Morgan fingerprint density at radius 3 is 2.39 bits per heavy atom. The number of hydrogen-bond donors (Lipinski definition) is 5. The summed E-state index contributed by atoms with van der Waals surface area (Å²) in [6.07, 6.45) is 4.10. The number of phenolic OH excluding ortho intramolecular Hbond substituents is 3. The van der Waals surface area contributed by atoms with Crippen molar-refractivity contribution in [2.45, 2.75) is 44.3 Å². The quantitative estimate of drug-likeness (QED) is 0.520. The maximum atomic E-state index is 9.68. The van der Waals surface area contributed by atoms with Crippen LogP contribution in [0.4, 0.5) is 0 Å². The van der Waals surface area contributed by atoms with E-state index in [4.69, 9.17) is 5.73 Å². The molecule has 100 valence electrons. The van der Waals surface area contributed by atoms with Gasteiger partial charge in [0.1, 0.15) is 0 Å². The third kappa shape index (κ3) is 2.86. The zero-order valence-electron chi connectivity index (χ0n) is 10.3. The van der Waals surface area contributed by atoms with E-state index in [0.717, 1.165) is 25.7 Å². The standard InChI is InChI=1S/C13H20N2O3/c14-9-2-4-10(5-3-9)15-7-8-1-6-11(16)13(18)12(8)17/h1,6,9-10,15-18H,2-5,7,14H2. The van der Waals surface area contributed by atoms with Gasteiger partial charge in [0.15, 0.2) is 11.5 Å². The number of rotatable bonds is 3. The monoisotopic (exact) mass is 252 g/mol. The highest BCUT2D eigenvalue weighted by molar-refractivity contribution is 5.52. The van der Waals surface area contributed by atoms with Gasteiger partial charge in [0.25, 0.3) is 0 Å². The van der Waals surface area contributed by atoms with Crippen LogP contribution in [0.3, 0.4) is 0 Å². The highest BCUT2D eigenvalue weighted by atomic mass is 16.3. The summed E-state index contributed by atoms with van der Waals surface area (Å²) in [5.74, 6) is -1.02. The van der Waals surface area contributed by atoms with Gasteiger partial charge < -0.3 is 26.4 Å². The van der Waals surface area contributed by atoms with Crippen LogP contribution in [-0.4, -0.2) is 27.4 Å². The molecule has 1 aliphatic rings. The van der Waals surface area contributed by atoms with Crippen molar-refractivity contribution in [2.24, 2.45) is 5.73 Å². The first kappa shape index (κ1) is 13.0. The molecule has 1 fully saturated rings. The van der Waals surface area contributed by atoms with Gasteiger partial charge >= 0.3 is 0 Å². The highest BCUT2D eigenvalue weighted by Gasteiger charge is 2.18. The third-order valence-electron chi connectivity index (χ3n) is 3.57. The van der Waals surface area contributed by atoms with Crippen molar-refractivity contribution >= 4 is 0 Å². The Kier molecular flexibility index (Phi) is 3.93. The molecule has 0 bridgehead atoms. The van der Waals surface area contributed by atoms with Crippen molar-refractivity contribution in [3.63, 3.8) is 0 Å². The molecule has 6 N–H and O–H groups in total. The first-order valence-corrected chi connectivity index (χ1v) is 6.29. The van der Waals surface area contributed by atoms with E-state index in [1.54, 1.807) is 6.07 Å². The largest absolute Gasteiger partial charge is 0.504 e. The fourth-order valence-corrected chi connectivity index (χ4v) is 2.33. The number of nitrogens with two attached hydrogens (primary N) is 1. The number of hydrogen-bond acceptors (Lipinski definition) is 5. The number of nitrogens with one attached hydrogen (secondary N) is 1. The predicted octanol–water partition coefficient (Wildman–Crippen LogP) is 1.16. The third-order valence-corrected chi connectivity index (χ3v) is 3.57. The zero-order chi connectivity index (χ0) is 13.1. The van der Waals surface area contributed by atoms with E-state index in [0.29, 0.717) is 24.2 Å². The summed E-state index contributed by atoms with van der Waals surface area (Å²) in [5, 5.41) is 31.7. The smallest absolute Gasteiger partial charge is 0.200 e. The summed E-state index contributed by atoms with van der Waals surface area (Å²) in [5.41, 5.74) is 6.42. The minimum absolute atomic E-state index is 0.255. The van der Waals surface area contributed by atoms with E-state index >= 15 is 0 Å². The maximum Gasteiger partial charge on any atom is 0.200 e. The fourth-order valence-electron chi connectivity index (χ4n) is 2.33. The SMILES string of the molecule is NC1CCC(NCc2ccc(O)c(O)c2O)CC1. The molecule has 0 saturated heterocycles. The minimum atomic E-state index is -0.458. The Morgan fingerprint density at radius 2 is 1.72 bits per heavy atom. The Balaban J connectivity index is 1.92. The van der Waals surface area contributed by atoms with Crippen molar-refractivity contribution in [1.29, 1.82) is 0 Å². The van der Waals surface area contributed by atoms with E-state index in [1.165, 1.54) is 6.07 Å². The second-order valence-electron chi connectivity index (χ2n) is 4.93. The number of benzene rings is 1. The zero-order valence-corrected chi connectivity index (χ0v) is 10.3. The molecule has 0 amide bonds. The van der Waals surface area contributed by atoms with E-state index in [-0.39, 0.29) is 11.5 Å². The van der Waals surface area contributed by atoms with Crippen LogP contribution in [0.1, 0.15) is 31.2 Å². The van der Waals surface area contributed by atoms with Crippen LogP contribution in [0.5, 0.6) is 17.2 Å². The minimum Gasteiger partial charge on any atom is -0.504 e. The van der Waals surface area contributed by atoms with E-state index in [1.807, 2.05) is 0 Å². The first-order valence-electron chi connectivity index (χ1n) is 6.29. The summed E-state index contributed by atoms with van der Waals surface area (Å²) in [4.78, 5) is 0. The lowest BCUT2D eigenvalue weighted by atomic mass is 9.92. The molecule has 0 unspecified atom stereocenters. The summed E-state index contributed by atoms with van der Waals surface area (Å²) in [6.45, 7) is 0.472. The van der Waals surface area contributed by atoms with Gasteiger partial charge in [0.2, 0.25) is 5.75 Å². The molecule has 1 aromatic rings. The van der Waals surface area contributed by atoms with Crippen LogP contribution in [0.15, 0.2) is 12.1 Å². The molecule has 2 rings (SSSR count). The fraction of sp³-hybridized carbons (Fsp3) is 0.538. The predicted molar refractivity (Wildman–Crippen MR) is 68.5 cm³/mol. The normalized spacial score (nSPS) is 24.1. The van der Waals surface area contributed by atoms with E-state index in [9.17, 15) is 15.3 Å². The first-order chi connectivity index (χ1) is 8.58. The molecule has 0 atom stereocenters. The van der Waals surface area contributed by atoms with Crippen LogP contribution in [0.25, 0.3) is 0 Å². The molecule has 0 spiro atoms. The molecule has 1 aliphatic carbocycles. The van der Waals surface area contributed by atoms with Gasteiger partial charge in [-0.3, -0.25) is 0 Å². The lowest BCUT2D eigenvalue weighted by Crippen LogP contribution is -2.37. The van der Waals surface area contributed by atoms with E-state index < -0.39 is 5.75 Å². The molecule has 5 nitrogen and oxygen atoms in total. The number of phenols is 3. The van der Waals surface area contributed by atoms with Crippen LogP contribution in [0, 0.1) is 0 Å². The molecule has 1 aromatic carbocycles. The van der Waals surface area contributed by atoms with Crippen molar-refractivity contribution in [3.8, 4) is 17.2 Å². The van der Waals surface area contributed by atoms with Crippen LogP contribution in [0.2, 0.25) is 0 Å². The Bertz CT molecular complexity index is 415. The van der Waals surface area contributed by atoms with Crippen molar-refractivity contribution < 1.29 is 15.3 Å². The average Bonchev–Trinajstić information content (AvgIpc) is 2.37. The summed E-state index contributed by atoms with van der Waals surface area (Å²) < 4.78 is 0. The van der Waals surface area contributed by atoms with Crippen molar-refractivity contribution in [3.05, 3.63) is 17.7 Å². The second-order valence-corrected chi connectivity index (χ2v) is 4.93. The maximum absolute atomic E-state index is 9.68. The lowest BCUT2D eigenvalue weighted by molar-refractivity contribution is 0.336. The molecular weight excluding hydrogens is 232 g/mol. The summed E-state index contributed by atoms with van der Waals surface area (Å²) >= 11 is 0. The Hall–Kier alpha value is -1.46. The summed E-state index contributed by atoms with van der Waals surface area (Å²) in [7, 11) is 0. The van der Waals surface area contributed by atoms with Crippen LogP contribution < -0.4 is 11.1 Å². The molecule has 0 heterocycles. The summed E-state index contributed by atoms with van der Waals surface area (Å²) in [6, 6.07) is 3.70. The van der Waals surface area contributed by atoms with Gasteiger partial charge in [-0.2, -0.15) is 0 Å². The van der Waals surface area contributed by atoms with Gasteiger partial charge in [0, 0.05) is 24.2 Å². The molecule has 5 heteroatoms. The topological polar surface area (TPSA) is 98.7 Å². The van der Waals surface area contributed by atoms with E-state index in [2.05, 4.69) is 5.32 Å². The van der Waals surface area contributed by atoms with Crippen molar-refractivity contribution in [1.82, 2.24) is 5.32 Å². The molecular formula is C13H20N2O3. The molecule has 0 aliphatic heterocycles. The second kappa shape index (κ2) is 5.46. The Morgan fingerprint density at radius 1 is 1.06 bits per heavy atom. The van der Waals surface area contributed by atoms with Crippen LogP contribution >= 0.6 is 0 Å². The lowest BCUT2D eigenvalue weighted by Gasteiger charge is -2.27. The highest BCUT2D eigenvalue weighted by Crippen LogP contribution is 2.37. The van der Waals surface area contributed by atoms with Gasteiger partial charge in [-0.15, -0.1) is 0 Å². The molecule has 0 radical (unpaired) electrons. The molecule has 0 aromatic heterocycles. The van der Waals surface area contributed by atoms with Gasteiger partial charge in [-0.1, -0.05) is 6.07 Å². The molecule has 18 heavy (non-hydrogen) atoms. The molecule has 1 saturated carbocycles.